The van der Waals surface area contributed by atoms with Gasteiger partial charge in [-0.05, 0) is 19.8 Å². The van der Waals surface area contributed by atoms with Crippen molar-refractivity contribution in [3.8, 4) is 0 Å². The van der Waals surface area contributed by atoms with E-state index in [1.165, 1.54) is 0 Å². The van der Waals surface area contributed by atoms with Crippen molar-refractivity contribution in [2.45, 2.75) is 56.5 Å². The highest BCUT2D eigenvalue weighted by Gasteiger charge is 2.42. The van der Waals surface area contributed by atoms with E-state index in [1.807, 2.05) is 6.92 Å². The Kier molecular flexibility index (Phi) is 3.99. The standard InChI is InChI=1S/C13H22N2O4/c1-12(4-2-3-5-12)14-11(18)15-13(10(16)17)6-8-19-9-7-13/h2-9H2,1H3,(H,16,17)(H2,14,15,18). The predicted molar refractivity (Wildman–Crippen MR) is 69.0 cm³/mol. The number of carbonyl (C=O) groups excluding carboxylic acids is 1. The molecule has 0 aromatic heterocycles. The zero-order chi connectivity index (χ0) is 13.9. The first-order chi connectivity index (χ1) is 8.96. The van der Waals surface area contributed by atoms with E-state index in [0.29, 0.717) is 26.1 Å². The molecule has 19 heavy (non-hydrogen) atoms. The van der Waals surface area contributed by atoms with Crippen molar-refractivity contribution in [2.24, 2.45) is 0 Å². The van der Waals surface area contributed by atoms with Crippen molar-refractivity contribution in [3.63, 3.8) is 0 Å². The van der Waals surface area contributed by atoms with Crippen LogP contribution < -0.4 is 10.6 Å². The molecule has 1 saturated carbocycles. The summed E-state index contributed by atoms with van der Waals surface area (Å²) in [6.07, 6.45) is 4.73. The van der Waals surface area contributed by atoms with Crippen molar-refractivity contribution in [2.75, 3.05) is 13.2 Å². The Hall–Kier alpha value is -1.30. The summed E-state index contributed by atoms with van der Waals surface area (Å²) in [4.78, 5) is 23.5. The van der Waals surface area contributed by atoms with Gasteiger partial charge < -0.3 is 20.5 Å². The second-order valence-corrected chi connectivity index (χ2v) is 5.85. The van der Waals surface area contributed by atoms with Gasteiger partial charge in [0.2, 0.25) is 0 Å². The molecular formula is C13H22N2O4. The first kappa shape index (κ1) is 14.1. The average molecular weight is 270 g/mol. The summed E-state index contributed by atoms with van der Waals surface area (Å²) in [6, 6.07) is -0.381. The number of rotatable bonds is 3. The highest BCUT2D eigenvalue weighted by Crippen LogP contribution is 2.29. The highest BCUT2D eigenvalue weighted by molar-refractivity contribution is 5.86. The number of aliphatic carboxylic acids is 1. The Morgan fingerprint density at radius 2 is 1.63 bits per heavy atom. The minimum atomic E-state index is -1.18. The van der Waals surface area contributed by atoms with Crippen molar-refractivity contribution < 1.29 is 19.4 Å². The number of hydrogen-bond donors (Lipinski definition) is 3. The number of nitrogens with one attached hydrogen (secondary N) is 2. The van der Waals surface area contributed by atoms with Crippen molar-refractivity contribution in [1.29, 1.82) is 0 Å². The summed E-state index contributed by atoms with van der Waals surface area (Å²) >= 11 is 0. The molecule has 2 fully saturated rings. The molecule has 1 saturated heterocycles. The fraction of sp³-hybridized carbons (Fsp3) is 0.846. The number of ether oxygens (including phenoxy) is 1. The normalized spacial score (nSPS) is 24.7. The predicted octanol–water partition coefficient (Wildman–Crippen LogP) is 1.25. The highest BCUT2D eigenvalue weighted by atomic mass is 16.5. The SMILES string of the molecule is CC1(NC(=O)NC2(C(=O)O)CCOCC2)CCCC1. The molecule has 6 heteroatoms. The Labute approximate surface area is 112 Å². The number of carbonyl (C=O) groups is 2. The molecule has 1 heterocycles. The van der Waals surface area contributed by atoms with Gasteiger partial charge >= 0.3 is 12.0 Å². The number of carboxylic acid groups (broad SMARTS) is 1. The van der Waals surface area contributed by atoms with Crippen LogP contribution >= 0.6 is 0 Å². The van der Waals surface area contributed by atoms with Crippen LogP contribution in [0.4, 0.5) is 4.79 Å². The molecule has 0 aromatic carbocycles. The van der Waals surface area contributed by atoms with E-state index in [-0.39, 0.29) is 11.6 Å². The molecule has 1 aliphatic carbocycles. The third-order valence-electron chi connectivity index (χ3n) is 4.23. The average Bonchev–Trinajstić information content (AvgIpc) is 2.76. The molecule has 1 aliphatic heterocycles. The zero-order valence-corrected chi connectivity index (χ0v) is 11.3. The lowest BCUT2D eigenvalue weighted by Crippen LogP contribution is -2.61. The second-order valence-electron chi connectivity index (χ2n) is 5.85. The lowest BCUT2D eigenvalue weighted by molar-refractivity contribution is -0.148. The van der Waals surface area contributed by atoms with Gasteiger partial charge in [0.15, 0.2) is 0 Å². The maximum absolute atomic E-state index is 12.1. The van der Waals surface area contributed by atoms with Crippen LogP contribution in [-0.2, 0) is 9.53 Å². The van der Waals surface area contributed by atoms with Gasteiger partial charge in [-0.1, -0.05) is 12.8 Å². The third kappa shape index (κ3) is 3.18. The summed E-state index contributed by atoms with van der Waals surface area (Å²) in [7, 11) is 0. The summed E-state index contributed by atoms with van der Waals surface area (Å²) in [5.41, 5.74) is -1.38. The molecule has 3 N–H and O–H groups in total. The van der Waals surface area contributed by atoms with E-state index >= 15 is 0 Å². The summed E-state index contributed by atoms with van der Waals surface area (Å²) in [6.45, 7) is 2.74. The maximum Gasteiger partial charge on any atom is 0.329 e. The number of amides is 2. The Morgan fingerprint density at radius 1 is 1.05 bits per heavy atom. The minimum Gasteiger partial charge on any atom is -0.480 e. The van der Waals surface area contributed by atoms with Gasteiger partial charge in [-0.25, -0.2) is 9.59 Å². The molecule has 2 amide bonds. The van der Waals surface area contributed by atoms with Gasteiger partial charge in [-0.3, -0.25) is 0 Å². The van der Waals surface area contributed by atoms with E-state index in [4.69, 9.17) is 4.74 Å². The molecule has 2 rings (SSSR count). The lowest BCUT2D eigenvalue weighted by Gasteiger charge is -2.35. The molecular weight excluding hydrogens is 248 g/mol. The smallest absolute Gasteiger partial charge is 0.329 e. The fourth-order valence-electron chi connectivity index (χ4n) is 2.92. The van der Waals surface area contributed by atoms with Gasteiger partial charge in [0.25, 0.3) is 0 Å². The van der Waals surface area contributed by atoms with Crippen LogP contribution in [0.5, 0.6) is 0 Å². The summed E-state index contributed by atoms with van der Waals surface area (Å²) in [5.74, 6) is -0.984. The molecule has 0 atom stereocenters. The maximum atomic E-state index is 12.1. The number of carboxylic acids is 1. The van der Waals surface area contributed by atoms with E-state index in [0.717, 1.165) is 25.7 Å². The van der Waals surface area contributed by atoms with E-state index in [1.54, 1.807) is 0 Å². The van der Waals surface area contributed by atoms with E-state index < -0.39 is 11.5 Å². The zero-order valence-electron chi connectivity index (χ0n) is 11.3. The monoisotopic (exact) mass is 270 g/mol. The van der Waals surface area contributed by atoms with Crippen LogP contribution in [0.1, 0.15) is 45.4 Å². The number of hydrogen-bond acceptors (Lipinski definition) is 3. The van der Waals surface area contributed by atoms with E-state index in [9.17, 15) is 14.7 Å². The molecule has 6 nitrogen and oxygen atoms in total. The van der Waals surface area contributed by atoms with E-state index in [2.05, 4.69) is 10.6 Å². The van der Waals surface area contributed by atoms with Crippen LogP contribution in [0.25, 0.3) is 0 Å². The Bertz CT molecular complexity index is 358. The molecule has 0 radical (unpaired) electrons. The topological polar surface area (TPSA) is 87.7 Å². The quantitative estimate of drug-likeness (QED) is 0.720. The van der Waals surface area contributed by atoms with Gasteiger partial charge in [0.1, 0.15) is 5.54 Å². The Balaban J connectivity index is 1.97. The molecule has 2 aliphatic rings. The van der Waals surface area contributed by atoms with Gasteiger partial charge in [0, 0.05) is 31.6 Å². The van der Waals surface area contributed by atoms with Gasteiger partial charge in [-0.2, -0.15) is 0 Å². The van der Waals surface area contributed by atoms with Crippen molar-refractivity contribution in [1.82, 2.24) is 10.6 Å². The van der Waals surface area contributed by atoms with Crippen LogP contribution in [0, 0.1) is 0 Å². The first-order valence-electron chi connectivity index (χ1n) is 6.87. The van der Waals surface area contributed by atoms with Crippen LogP contribution in [0.15, 0.2) is 0 Å². The molecule has 0 aromatic rings. The largest absolute Gasteiger partial charge is 0.480 e. The first-order valence-corrected chi connectivity index (χ1v) is 6.87. The minimum absolute atomic E-state index is 0.199. The van der Waals surface area contributed by atoms with Crippen LogP contribution in [0.3, 0.4) is 0 Å². The Morgan fingerprint density at radius 3 is 2.16 bits per heavy atom. The van der Waals surface area contributed by atoms with Gasteiger partial charge in [-0.15, -0.1) is 0 Å². The number of urea groups is 1. The molecule has 0 spiro atoms. The van der Waals surface area contributed by atoms with Gasteiger partial charge in [0.05, 0.1) is 0 Å². The summed E-state index contributed by atoms with van der Waals surface area (Å²) < 4.78 is 5.17. The van der Waals surface area contributed by atoms with Crippen molar-refractivity contribution in [3.05, 3.63) is 0 Å². The summed E-state index contributed by atoms with van der Waals surface area (Å²) in [5, 5.41) is 14.9. The molecule has 108 valence electrons. The third-order valence-corrected chi connectivity index (χ3v) is 4.23. The molecule has 0 unspecified atom stereocenters. The molecule has 0 bridgehead atoms. The second kappa shape index (κ2) is 5.36. The lowest BCUT2D eigenvalue weighted by atomic mass is 9.90. The van der Waals surface area contributed by atoms with Crippen LogP contribution in [-0.4, -0.2) is 41.4 Å². The van der Waals surface area contributed by atoms with Crippen molar-refractivity contribution >= 4 is 12.0 Å². The van der Waals surface area contributed by atoms with Crippen LogP contribution in [0.2, 0.25) is 0 Å². The fourth-order valence-corrected chi connectivity index (χ4v) is 2.92.